The SMILES string of the molecule is Cc1c(C(=O)NCc2ccccc2F)nnn1Cc1ccccc1. The van der Waals surface area contributed by atoms with Crippen LogP contribution in [0, 0.1) is 12.7 Å². The maximum Gasteiger partial charge on any atom is 0.274 e. The highest BCUT2D eigenvalue weighted by Gasteiger charge is 2.16. The molecule has 122 valence electrons. The molecule has 0 spiro atoms. The van der Waals surface area contributed by atoms with Crippen molar-refractivity contribution in [2.75, 3.05) is 0 Å². The van der Waals surface area contributed by atoms with Gasteiger partial charge >= 0.3 is 0 Å². The summed E-state index contributed by atoms with van der Waals surface area (Å²) < 4.78 is 15.3. The molecular weight excluding hydrogens is 307 g/mol. The molecule has 0 saturated carbocycles. The lowest BCUT2D eigenvalue weighted by molar-refractivity contribution is 0.0945. The Morgan fingerprint density at radius 3 is 2.58 bits per heavy atom. The predicted octanol–water partition coefficient (Wildman–Crippen LogP) is 2.70. The Labute approximate surface area is 139 Å². The Bertz CT molecular complexity index is 845. The number of nitrogens with one attached hydrogen (secondary N) is 1. The standard InChI is InChI=1S/C18H17FN4O/c1-13-17(18(24)20-11-15-9-5-6-10-16(15)19)21-22-23(13)12-14-7-3-2-4-8-14/h2-10H,11-12H2,1H3,(H,20,24). The van der Waals surface area contributed by atoms with Crippen molar-refractivity contribution in [1.29, 1.82) is 0 Å². The van der Waals surface area contributed by atoms with E-state index < -0.39 is 0 Å². The summed E-state index contributed by atoms with van der Waals surface area (Å²) in [7, 11) is 0. The molecule has 1 amide bonds. The Kier molecular flexibility index (Phi) is 4.65. The molecule has 6 heteroatoms. The predicted molar refractivity (Wildman–Crippen MR) is 87.9 cm³/mol. The van der Waals surface area contributed by atoms with Gasteiger partial charge in [-0.15, -0.1) is 5.10 Å². The molecule has 3 rings (SSSR count). The lowest BCUT2D eigenvalue weighted by atomic mass is 10.2. The van der Waals surface area contributed by atoms with Crippen LogP contribution in [0.2, 0.25) is 0 Å². The van der Waals surface area contributed by atoms with Crippen LogP contribution in [0.5, 0.6) is 0 Å². The van der Waals surface area contributed by atoms with E-state index in [0.717, 1.165) is 5.56 Å². The van der Waals surface area contributed by atoms with Gasteiger partial charge in [0.15, 0.2) is 5.69 Å². The van der Waals surface area contributed by atoms with Crippen molar-refractivity contribution in [2.24, 2.45) is 0 Å². The van der Waals surface area contributed by atoms with E-state index >= 15 is 0 Å². The maximum atomic E-state index is 13.6. The number of rotatable bonds is 5. The third kappa shape index (κ3) is 3.48. The van der Waals surface area contributed by atoms with E-state index in [2.05, 4.69) is 15.6 Å². The third-order valence-corrected chi connectivity index (χ3v) is 3.77. The number of amides is 1. The van der Waals surface area contributed by atoms with Gasteiger partial charge in [0, 0.05) is 12.1 Å². The second-order valence-corrected chi connectivity index (χ2v) is 5.44. The molecule has 0 aliphatic rings. The van der Waals surface area contributed by atoms with Gasteiger partial charge in [-0.05, 0) is 18.6 Å². The Morgan fingerprint density at radius 1 is 1.12 bits per heavy atom. The second kappa shape index (κ2) is 7.04. The van der Waals surface area contributed by atoms with Crippen molar-refractivity contribution in [3.8, 4) is 0 Å². The average Bonchev–Trinajstić information content (AvgIpc) is 2.96. The molecule has 1 N–H and O–H groups in total. The van der Waals surface area contributed by atoms with Crippen LogP contribution in [0.15, 0.2) is 54.6 Å². The van der Waals surface area contributed by atoms with Crippen LogP contribution in [0.4, 0.5) is 4.39 Å². The molecule has 0 atom stereocenters. The number of hydrogen-bond acceptors (Lipinski definition) is 3. The van der Waals surface area contributed by atoms with E-state index in [0.29, 0.717) is 17.8 Å². The summed E-state index contributed by atoms with van der Waals surface area (Å²) >= 11 is 0. The molecule has 0 radical (unpaired) electrons. The number of nitrogens with zero attached hydrogens (tertiary/aromatic N) is 3. The average molecular weight is 324 g/mol. The minimum absolute atomic E-state index is 0.108. The number of carbonyl (C=O) groups is 1. The first-order chi connectivity index (χ1) is 11.6. The lowest BCUT2D eigenvalue weighted by Gasteiger charge is -2.06. The first-order valence-electron chi connectivity index (χ1n) is 7.61. The minimum Gasteiger partial charge on any atom is -0.346 e. The molecule has 2 aromatic carbocycles. The van der Waals surface area contributed by atoms with Gasteiger partial charge in [0.1, 0.15) is 5.82 Å². The first-order valence-corrected chi connectivity index (χ1v) is 7.61. The normalized spacial score (nSPS) is 10.6. The highest BCUT2D eigenvalue weighted by molar-refractivity contribution is 5.93. The van der Waals surface area contributed by atoms with E-state index in [9.17, 15) is 9.18 Å². The molecule has 0 unspecified atom stereocenters. The van der Waals surface area contributed by atoms with Crippen LogP contribution >= 0.6 is 0 Å². The first kappa shape index (κ1) is 15.9. The van der Waals surface area contributed by atoms with Gasteiger partial charge in [-0.25, -0.2) is 9.07 Å². The molecular formula is C18H17FN4O. The summed E-state index contributed by atoms with van der Waals surface area (Å²) in [5, 5.41) is 10.7. The number of hydrogen-bond donors (Lipinski definition) is 1. The summed E-state index contributed by atoms with van der Waals surface area (Å²) in [6.45, 7) is 2.44. The van der Waals surface area contributed by atoms with Crippen LogP contribution in [0.3, 0.4) is 0 Å². The second-order valence-electron chi connectivity index (χ2n) is 5.44. The van der Waals surface area contributed by atoms with Crippen LogP contribution in [-0.2, 0) is 13.1 Å². The number of benzene rings is 2. The van der Waals surface area contributed by atoms with Crippen LogP contribution in [0.1, 0.15) is 27.3 Å². The molecule has 0 aliphatic heterocycles. The molecule has 0 bridgehead atoms. The summed E-state index contributed by atoms with van der Waals surface area (Å²) in [6.07, 6.45) is 0. The smallest absolute Gasteiger partial charge is 0.274 e. The summed E-state index contributed by atoms with van der Waals surface area (Å²) in [5.74, 6) is -0.711. The van der Waals surface area contributed by atoms with Gasteiger partial charge in [-0.2, -0.15) is 0 Å². The summed E-state index contributed by atoms with van der Waals surface area (Å²) in [6, 6.07) is 16.1. The van der Waals surface area contributed by atoms with E-state index in [1.807, 2.05) is 30.3 Å². The van der Waals surface area contributed by atoms with Gasteiger partial charge in [0.25, 0.3) is 5.91 Å². The van der Waals surface area contributed by atoms with Crippen LogP contribution in [0.25, 0.3) is 0 Å². The van der Waals surface area contributed by atoms with E-state index in [1.165, 1.54) is 6.07 Å². The number of carbonyl (C=O) groups excluding carboxylic acids is 1. The Morgan fingerprint density at radius 2 is 1.83 bits per heavy atom. The molecule has 1 heterocycles. The van der Waals surface area contributed by atoms with Gasteiger partial charge < -0.3 is 5.32 Å². The van der Waals surface area contributed by atoms with E-state index in [4.69, 9.17) is 0 Å². The van der Waals surface area contributed by atoms with E-state index in [-0.39, 0.29) is 24.0 Å². The van der Waals surface area contributed by atoms with Gasteiger partial charge in [-0.1, -0.05) is 53.7 Å². The summed E-state index contributed by atoms with van der Waals surface area (Å²) in [4.78, 5) is 12.3. The highest BCUT2D eigenvalue weighted by atomic mass is 19.1. The zero-order chi connectivity index (χ0) is 16.9. The minimum atomic E-state index is -0.366. The quantitative estimate of drug-likeness (QED) is 0.785. The largest absolute Gasteiger partial charge is 0.346 e. The molecule has 0 saturated heterocycles. The van der Waals surface area contributed by atoms with Crippen LogP contribution in [-0.4, -0.2) is 20.9 Å². The van der Waals surface area contributed by atoms with Crippen molar-refractivity contribution >= 4 is 5.91 Å². The third-order valence-electron chi connectivity index (χ3n) is 3.77. The molecule has 0 fully saturated rings. The fraction of sp³-hybridized carbons (Fsp3) is 0.167. The number of halogens is 1. The van der Waals surface area contributed by atoms with Gasteiger partial charge in [0.2, 0.25) is 0 Å². The topological polar surface area (TPSA) is 59.8 Å². The monoisotopic (exact) mass is 324 g/mol. The van der Waals surface area contributed by atoms with Crippen molar-refractivity contribution in [1.82, 2.24) is 20.3 Å². The molecule has 24 heavy (non-hydrogen) atoms. The maximum absolute atomic E-state index is 13.6. The Balaban J connectivity index is 1.69. The molecule has 1 aromatic heterocycles. The highest BCUT2D eigenvalue weighted by Crippen LogP contribution is 2.09. The lowest BCUT2D eigenvalue weighted by Crippen LogP contribution is -2.24. The van der Waals surface area contributed by atoms with Crippen molar-refractivity contribution in [2.45, 2.75) is 20.0 Å². The van der Waals surface area contributed by atoms with Crippen LogP contribution < -0.4 is 5.32 Å². The Hall–Kier alpha value is -3.02. The number of aromatic nitrogens is 3. The van der Waals surface area contributed by atoms with Gasteiger partial charge in [0.05, 0.1) is 12.2 Å². The fourth-order valence-electron chi connectivity index (χ4n) is 2.38. The van der Waals surface area contributed by atoms with Crippen molar-refractivity contribution < 1.29 is 9.18 Å². The van der Waals surface area contributed by atoms with Crippen molar-refractivity contribution in [3.05, 3.63) is 82.9 Å². The zero-order valence-electron chi connectivity index (χ0n) is 13.2. The molecule has 5 nitrogen and oxygen atoms in total. The van der Waals surface area contributed by atoms with Gasteiger partial charge in [-0.3, -0.25) is 4.79 Å². The van der Waals surface area contributed by atoms with E-state index in [1.54, 1.807) is 29.8 Å². The zero-order valence-corrected chi connectivity index (χ0v) is 13.2. The summed E-state index contributed by atoms with van der Waals surface area (Å²) in [5.41, 5.74) is 2.43. The van der Waals surface area contributed by atoms with Crippen molar-refractivity contribution in [3.63, 3.8) is 0 Å². The molecule has 3 aromatic rings. The molecule has 0 aliphatic carbocycles. The fourth-order valence-corrected chi connectivity index (χ4v) is 2.38.